The average molecular weight is 561 g/mol. The minimum atomic E-state index is -4.11. The molecule has 0 heterocycles. The van der Waals surface area contributed by atoms with Crippen LogP contribution in [0, 0.1) is 15.9 Å². The maximum atomic E-state index is 13.5. The van der Waals surface area contributed by atoms with Crippen LogP contribution in [0.1, 0.15) is 15.9 Å². The number of nitro groups is 1. The zero-order valence-corrected chi connectivity index (χ0v) is 17.7. The van der Waals surface area contributed by atoms with E-state index in [1.807, 2.05) is 0 Å². The van der Waals surface area contributed by atoms with E-state index in [0.29, 0.717) is 0 Å². The van der Waals surface area contributed by atoms with Crippen molar-refractivity contribution in [1.82, 2.24) is 0 Å². The molecule has 0 saturated carbocycles. The highest BCUT2D eigenvalue weighted by Gasteiger charge is 2.48. The van der Waals surface area contributed by atoms with Gasteiger partial charge in [-0.15, -0.1) is 0 Å². The lowest BCUT2D eigenvalue weighted by molar-refractivity contribution is -0.436. The van der Waals surface area contributed by atoms with Crippen LogP contribution in [0.2, 0.25) is 5.02 Å². The van der Waals surface area contributed by atoms with Gasteiger partial charge in [-0.25, -0.2) is 4.39 Å². The summed E-state index contributed by atoms with van der Waals surface area (Å²) < 4.78 is 12.9. The molecule has 0 aliphatic carbocycles. The van der Waals surface area contributed by atoms with Gasteiger partial charge in [0.05, 0.1) is 15.5 Å². The monoisotopic (exact) mass is 558 g/mol. The van der Waals surface area contributed by atoms with Crippen LogP contribution in [0.5, 0.6) is 0 Å². The molecular formula is C15H10Br2ClFN2O8. The molecule has 0 spiro atoms. The molecule has 0 aliphatic heterocycles. The van der Waals surface area contributed by atoms with E-state index >= 15 is 0 Å². The van der Waals surface area contributed by atoms with E-state index in [1.54, 1.807) is 5.32 Å². The number of rotatable bonds is 6. The van der Waals surface area contributed by atoms with Crippen LogP contribution in [0.15, 0.2) is 33.2 Å². The van der Waals surface area contributed by atoms with E-state index in [9.17, 15) is 29.5 Å². The van der Waals surface area contributed by atoms with E-state index in [4.69, 9.17) is 26.9 Å². The van der Waals surface area contributed by atoms with Gasteiger partial charge >= 0.3 is 17.6 Å². The molecule has 2 aromatic rings. The number of ketones is 1. The van der Waals surface area contributed by atoms with E-state index in [-0.39, 0.29) is 20.6 Å². The number of nitrogens with zero attached hydrogens (tertiary/aromatic N) is 1. The Morgan fingerprint density at radius 1 is 1.17 bits per heavy atom. The first kappa shape index (κ1) is 23.6. The average Bonchev–Trinajstić information content (AvgIpc) is 2.54. The standard InChI is InChI=1S/C15H10Br2ClFN2O8/c16-7-4-9(20-14(23,24)15(25,26)27)12(21(28)29)11(17)10(7)13(22)6-3-5(19)1-2-8(6)18/h1-4,20,23-27H. The first-order valence-corrected chi connectivity index (χ1v) is 9.20. The quantitative estimate of drug-likeness (QED) is 0.133. The summed E-state index contributed by atoms with van der Waals surface area (Å²) in [5, 5.41) is 58.9. The zero-order valence-electron chi connectivity index (χ0n) is 13.7. The maximum absolute atomic E-state index is 13.5. The highest BCUT2D eigenvalue weighted by molar-refractivity contribution is 9.11. The van der Waals surface area contributed by atoms with Crippen molar-refractivity contribution in [3.63, 3.8) is 0 Å². The number of hydrogen-bond acceptors (Lipinski definition) is 9. The molecule has 156 valence electrons. The Morgan fingerprint density at radius 3 is 2.28 bits per heavy atom. The molecule has 2 rings (SSSR count). The minimum Gasteiger partial charge on any atom is -0.343 e. The van der Waals surface area contributed by atoms with Crippen molar-refractivity contribution in [2.45, 2.75) is 11.9 Å². The zero-order chi connectivity index (χ0) is 22.3. The molecule has 0 fully saturated rings. The third-order valence-corrected chi connectivity index (χ3v) is 5.28. The molecule has 0 aromatic heterocycles. The van der Waals surface area contributed by atoms with Gasteiger partial charge in [0.1, 0.15) is 16.0 Å². The molecule has 0 radical (unpaired) electrons. The van der Waals surface area contributed by atoms with Crippen molar-refractivity contribution in [2.75, 3.05) is 5.32 Å². The van der Waals surface area contributed by atoms with Gasteiger partial charge < -0.3 is 30.8 Å². The molecule has 0 bridgehead atoms. The van der Waals surface area contributed by atoms with Crippen molar-refractivity contribution in [3.8, 4) is 0 Å². The molecule has 0 aliphatic rings. The van der Waals surface area contributed by atoms with Crippen LogP contribution in [-0.4, -0.2) is 48.1 Å². The van der Waals surface area contributed by atoms with E-state index in [1.165, 1.54) is 0 Å². The van der Waals surface area contributed by atoms with Gasteiger partial charge in [0, 0.05) is 10.0 Å². The second-order valence-corrected chi connectivity index (χ2v) is 7.64. The smallest absolute Gasteiger partial charge is 0.343 e. The van der Waals surface area contributed by atoms with Crippen molar-refractivity contribution >= 4 is 60.6 Å². The predicted molar refractivity (Wildman–Crippen MR) is 104 cm³/mol. The minimum absolute atomic E-state index is 0.129. The van der Waals surface area contributed by atoms with Gasteiger partial charge in [0.25, 0.3) is 0 Å². The summed E-state index contributed by atoms with van der Waals surface area (Å²) in [5.74, 6) is -9.64. The predicted octanol–water partition coefficient (Wildman–Crippen LogP) is 1.82. The highest BCUT2D eigenvalue weighted by atomic mass is 79.9. The Balaban J connectivity index is 2.69. The Kier molecular flexibility index (Phi) is 6.66. The molecule has 6 N–H and O–H groups in total. The van der Waals surface area contributed by atoms with E-state index in [0.717, 1.165) is 24.3 Å². The van der Waals surface area contributed by atoms with Crippen molar-refractivity contribution in [3.05, 3.63) is 65.3 Å². The number of halogens is 4. The fraction of sp³-hybridized carbons (Fsp3) is 0.133. The Hall–Kier alpha value is -1.71. The van der Waals surface area contributed by atoms with Gasteiger partial charge in [-0.1, -0.05) is 11.6 Å². The van der Waals surface area contributed by atoms with Crippen molar-refractivity contribution in [2.24, 2.45) is 0 Å². The molecule has 0 unspecified atom stereocenters. The highest BCUT2D eigenvalue weighted by Crippen LogP contribution is 2.42. The lowest BCUT2D eigenvalue weighted by atomic mass is 10.0. The topological polar surface area (TPSA) is 173 Å². The largest absolute Gasteiger partial charge is 0.355 e. The van der Waals surface area contributed by atoms with Crippen molar-refractivity contribution < 1.29 is 39.6 Å². The number of anilines is 1. The van der Waals surface area contributed by atoms with Crippen LogP contribution in [0.4, 0.5) is 15.8 Å². The number of carbonyl (C=O) groups is 1. The van der Waals surface area contributed by atoms with E-state index in [2.05, 4.69) is 31.9 Å². The molecule has 2 aromatic carbocycles. The second-order valence-electron chi connectivity index (χ2n) is 5.59. The third kappa shape index (κ3) is 4.73. The molecule has 10 nitrogen and oxygen atoms in total. The number of nitrogens with one attached hydrogen (secondary N) is 1. The molecular weight excluding hydrogens is 550 g/mol. The SMILES string of the molecule is O=C(c1cc(F)ccc1Cl)c1c(Br)cc(NC(O)(O)C(O)(O)O)c([N+](=O)[O-])c1Br. The lowest BCUT2D eigenvalue weighted by Crippen LogP contribution is -2.59. The van der Waals surface area contributed by atoms with Gasteiger partial charge in [0.15, 0.2) is 5.78 Å². The summed E-state index contributed by atoms with van der Waals surface area (Å²) in [4.78, 5) is 23.3. The first-order chi connectivity index (χ1) is 13.2. The van der Waals surface area contributed by atoms with Crippen LogP contribution < -0.4 is 5.32 Å². The number of nitro benzene ring substituents is 1. The molecule has 14 heteroatoms. The Labute approximate surface area is 182 Å². The van der Waals surface area contributed by atoms with Crippen molar-refractivity contribution in [1.29, 1.82) is 0 Å². The normalized spacial score (nSPS) is 12.0. The fourth-order valence-corrected chi connectivity index (χ4v) is 4.00. The van der Waals surface area contributed by atoms with Crippen LogP contribution in [0.3, 0.4) is 0 Å². The van der Waals surface area contributed by atoms with Gasteiger partial charge in [-0.2, -0.15) is 0 Å². The molecule has 0 amide bonds. The summed E-state index contributed by atoms with van der Waals surface area (Å²) in [5.41, 5.74) is -2.34. The lowest BCUT2D eigenvalue weighted by Gasteiger charge is -2.31. The first-order valence-electron chi connectivity index (χ1n) is 7.23. The molecule has 0 saturated heterocycles. The Bertz CT molecular complexity index is 1010. The van der Waals surface area contributed by atoms with Gasteiger partial charge in [-0.3, -0.25) is 14.9 Å². The molecule has 0 atom stereocenters. The second kappa shape index (κ2) is 8.20. The molecule has 29 heavy (non-hydrogen) atoms. The van der Waals surface area contributed by atoms with Crippen LogP contribution in [0.25, 0.3) is 0 Å². The summed E-state index contributed by atoms with van der Waals surface area (Å²) >= 11 is 11.7. The van der Waals surface area contributed by atoms with Gasteiger partial charge in [-0.05, 0) is 56.1 Å². The Morgan fingerprint density at radius 2 is 1.76 bits per heavy atom. The van der Waals surface area contributed by atoms with E-state index < -0.39 is 44.3 Å². The van der Waals surface area contributed by atoms with Crippen LogP contribution in [-0.2, 0) is 0 Å². The fourth-order valence-electron chi connectivity index (χ4n) is 2.17. The number of benzene rings is 2. The summed E-state index contributed by atoms with van der Waals surface area (Å²) in [7, 11) is 0. The summed E-state index contributed by atoms with van der Waals surface area (Å²) in [6.45, 7) is 0. The number of hydrogen-bond donors (Lipinski definition) is 6. The van der Waals surface area contributed by atoms with Crippen LogP contribution >= 0.6 is 43.5 Å². The number of aliphatic hydroxyl groups is 5. The summed E-state index contributed by atoms with van der Waals surface area (Å²) in [6.07, 6.45) is 0. The maximum Gasteiger partial charge on any atom is 0.355 e. The summed E-state index contributed by atoms with van der Waals surface area (Å²) in [6, 6.07) is 3.78. The number of carbonyl (C=O) groups excluding carboxylic acids is 1. The van der Waals surface area contributed by atoms with Gasteiger partial charge in [0.2, 0.25) is 0 Å². The third-order valence-electron chi connectivity index (χ3n) is 3.55.